The van der Waals surface area contributed by atoms with Crippen LogP contribution in [-0.2, 0) is 0 Å². The van der Waals surface area contributed by atoms with E-state index in [0.717, 1.165) is 5.56 Å². The van der Waals surface area contributed by atoms with Gasteiger partial charge in [-0.25, -0.2) is 0 Å². The minimum Gasteiger partial charge on any atom is -0.491 e. The van der Waals surface area contributed by atoms with E-state index in [9.17, 15) is 4.79 Å². The predicted octanol–water partition coefficient (Wildman–Crippen LogP) is 4.28. The van der Waals surface area contributed by atoms with Crippen LogP contribution >= 0.6 is 0 Å². The van der Waals surface area contributed by atoms with Gasteiger partial charge in [0.2, 0.25) is 0 Å². The van der Waals surface area contributed by atoms with E-state index in [1.807, 2.05) is 55.5 Å². The van der Waals surface area contributed by atoms with Gasteiger partial charge in [-0.2, -0.15) is 0 Å². The minimum absolute atomic E-state index is 0.117. The number of carbonyl (C=O) groups excluding carboxylic acids is 1. The van der Waals surface area contributed by atoms with Gasteiger partial charge in [-0.3, -0.25) is 4.79 Å². The molecular weight excluding hydrogens is 262 g/mol. The molecule has 0 aliphatic rings. The van der Waals surface area contributed by atoms with Crippen LogP contribution in [0.3, 0.4) is 0 Å². The highest BCUT2D eigenvalue weighted by Gasteiger charge is 2.11. The summed E-state index contributed by atoms with van der Waals surface area (Å²) in [5.74, 6) is 1.02. The molecule has 0 aliphatic carbocycles. The number of benzene rings is 2. The summed E-state index contributed by atoms with van der Waals surface area (Å²) in [5, 5.41) is 2.93. The van der Waals surface area contributed by atoms with Crippen LogP contribution in [0.2, 0.25) is 0 Å². The summed E-state index contributed by atoms with van der Waals surface area (Å²) in [7, 11) is 0. The third kappa shape index (κ3) is 4.09. The first kappa shape index (κ1) is 15.1. The first-order chi connectivity index (χ1) is 10.1. The molecule has 1 amide bonds. The van der Waals surface area contributed by atoms with Crippen molar-refractivity contribution in [2.45, 2.75) is 20.8 Å². The number of ether oxygens (including phenoxy) is 1. The van der Waals surface area contributed by atoms with E-state index in [0.29, 0.717) is 29.5 Å². The van der Waals surface area contributed by atoms with Gasteiger partial charge in [0.1, 0.15) is 5.75 Å². The van der Waals surface area contributed by atoms with Crippen LogP contribution in [0.5, 0.6) is 5.75 Å². The van der Waals surface area contributed by atoms with E-state index < -0.39 is 0 Å². The van der Waals surface area contributed by atoms with Gasteiger partial charge in [-0.05, 0) is 36.6 Å². The Morgan fingerprint density at radius 2 is 1.76 bits per heavy atom. The summed E-state index contributed by atoms with van der Waals surface area (Å²) >= 11 is 0. The molecule has 0 atom stereocenters. The van der Waals surface area contributed by atoms with Crippen LogP contribution in [0.4, 0.5) is 5.69 Å². The Morgan fingerprint density at radius 1 is 1.10 bits per heavy atom. The number of rotatable bonds is 5. The van der Waals surface area contributed by atoms with Gasteiger partial charge < -0.3 is 10.1 Å². The van der Waals surface area contributed by atoms with Crippen LogP contribution < -0.4 is 10.1 Å². The maximum absolute atomic E-state index is 12.4. The fraction of sp³-hybridized carbons (Fsp3) is 0.278. The Bertz CT molecular complexity index is 620. The largest absolute Gasteiger partial charge is 0.491 e. The molecule has 0 heterocycles. The monoisotopic (exact) mass is 283 g/mol. The number of amides is 1. The standard InChI is InChI=1S/C18H21NO2/c1-13(2)12-21-17-11-7-6-10-16(17)19-18(20)15-9-5-4-8-14(15)3/h4-11,13H,12H2,1-3H3,(H,19,20). The molecule has 0 saturated carbocycles. The van der Waals surface area contributed by atoms with E-state index in [4.69, 9.17) is 4.74 Å². The van der Waals surface area contributed by atoms with E-state index in [1.165, 1.54) is 0 Å². The maximum Gasteiger partial charge on any atom is 0.256 e. The molecule has 110 valence electrons. The Kier molecular flexibility index (Phi) is 4.99. The molecule has 3 nitrogen and oxygen atoms in total. The van der Waals surface area contributed by atoms with Gasteiger partial charge >= 0.3 is 0 Å². The van der Waals surface area contributed by atoms with Crippen molar-refractivity contribution in [3.8, 4) is 5.75 Å². The number of hydrogen-bond donors (Lipinski definition) is 1. The lowest BCUT2D eigenvalue weighted by molar-refractivity contribution is 0.102. The second kappa shape index (κ2) is 6.93. The van der Waals surface area contributed by atoms with Crippen molar-refractivity contribution in [1.29, 1.82) is 0 Å². The molecule has 2 aromatic carbocycles. The molecule has 1 N–H and O–H groups in total. The normalized spacial score (nSPS) is 10.5. The molecule has 0 unspecified atom stereocenters. The zero-order valence-corrected chi connectivity index (χ0v) is 12.7. The SMILES string of the molecule is Cc1ccccc1C(=O)Nc1ccccc1OCC(C)C. The molecule has 3 heteroatoms. The summed E-state index contributed by atoms with van der Waals surface area (Å²) in [5.41, 5.74) is 2.33. The van der Waals surface area contributed by atoms with Crippen molar-refractivity contribution in [1.82, 2.24) is 0 Å². The van der Waals surface area contributed by atoms with Crippen LogP contribution in [0.25, 0.3) is 0 Å². The first-order valence-corrected chi connectivity index (χ1v) is 7.16. The lowest BCUT2D eigenvalue weighted by Crippen LogP contribution is -2.14. The van der Waals surface area contributed by atoms with E-state index in [-0.39, 0.29) is 5.91 Å². The number of nitrogens with one attached hydrogen (secondary N) is 1. The van der Waals surface area contributed by atoms with Crippen molar-refractivity contribution < 1.29 is 9.53 Å². The zero-order valence-electron chi connectivity index (χ0n) is 12.7. The van der Waals surface area contributed by atoms with Gasteiger partial charge in [-0.15, -0.1) is 0 Å². The van der Waals surface area contributed by atoms with E-state index in [2.05, 4.69) is 19.2 Å². The van der Waals surface area contributed by atoms with E-state index >= 15 is 0 Å². The molecule has 0 bridgehead atoms. The molecule has 0 aromatic heterocycles. The van der Waals surface area contributed by atoms with Gasteiger partial charge in [0.15, 0.2) is 0 Å². The average Bonchev–Trinajstić information content (AvgIpc) is 2.46. The Hall–Kier alpha value is -2.29. The van der Waals surface area contributed by atoms with Crippen molar-refractivity contribution >= 4 is 11.6 Å². The third-order valence-corrected chi connectivity index (χ3v) is 3.10. The smallest absolute Gasteiger partial charge is 0.256 e. The quantitative estimate of drug-likeness (QED) is 0.889. The van der Waals surface area contributed by atoms with Gasteiger partial charge in [0.05, 0.1) is 12.3 Å². The van der Waals surface area contributed by atoms with Gasteiger partial charge in [0.25, 0.3) is 5.91 Å². The summed E-state index contributed by atoms with van der Waals surface area (Å²) in [6, 6.07) is 15.0. The van der Waals surface area contributed by atoms with Crippen molar-refractivity contribution in [3.63, 3.8) is 0 Å². The number of carbonyl (C=O) groups is 1. The number of anilines is 1. The summed E-state index contributed by atoms with van der Waals surface area (Å²) in [6.07, 6.45) is 0. The van der Waals surface area contributed by atoms with Crippen LogP contribution in [0.15, 0.2) is 48.5 Å². The molecule has 0 fully saturated rings. The summed E-state index contributed by atoms with van der Waals surface area (Å²) in [6.45, 7) is 6.73. The Morgan fingerprint density at radius 3 is 2.48 bits per heavy atom. The number of aryl methyl sites for hydroxylation is 1. The zero-order chi connectivity index (χ0) is 15.2. The second-order valence-electron chi connectivity index (χ2n) is 5.47. The fourth-order valence-corrected chi connectivity index (χ4v) is 1.97. The lowest BCUT2D eigenvalue weighted by atomic mass is 10.1. The lowest BCUT2D eigenvalue weighted by Gasteiger charge is -2.14. The second-order valence-corrected chi connectivity index (χ2v) is 5.47. The maximum atomic E-state index is 12.4. The highest BCUT2D eigenvalue weighted by Crippen LogP contribution is 2.25. The van der Waals surface area contributed by atoms with Crippen LogP contribution in [-0.4, -0.2) is 12.5 Å². The predicted molar refractivity (Wildman–Crippen MR) is 85.9 cm³/mol. The van der Waals surface area contributed by atoms with Crippen molar-refractivity contribution in [2.75, 3.05) is 11.9 Å². The first-order valence-electron chi connectivity index (χ1n) is 7.16. The van der Waals surface area contributed by atoms with Gasteiger partial charge in [-0.1, -0.05) is 44.2 Å². The number of para-hydroxylation sites is 2. The molecule has 2 aromatic rings. The van der Waals surface area contributed by atoms with Crippen molar-refractivity contribution in [3.05, 3.63) is 59.7 Å². The molecule has 0 saturated heterocycles. The summed E-state index contributed by atoms with van der Waals surface area (Å²) < 4.78 is 5.75. The highest BCUT2D eigenvalue weighted by atomic mass is 16.5. The fourth-order valence-electron chi connectivity index (χ4n) is 1.97. The molecule has 0 aliphatic heterocycles. The Labute approximate surface area is 126 Å². The average molecular weight is 283 g/mol. The topological polar surface area (TPSA) is 38.3 Å². The molecule has 2 rings (SSSR count). The molecule has 21 heavy (non-hydrogen) atoms. The number of hydrogen-bond acceptors (Lipinski definition) is 2. The minimum atomic E-state index is -0.117. The third-order valence-electron chi connectivity index (χ3n) is 3.10. The molecular formula is C18H21NO2. The van der Waals surface area contributed by atoms with Crippen molar-refractivity contribution in [2.24, 2.45) is 5.92 Å². The molecule has 0 spiro atoms. The highest BCUT2D eigenvalue weighted by molar-refractivity contribution is 6.05. The molecule has 0 radical (unpaired) electrons. The Balaban J connectivity index is 2.16. The van der Waals surface area contributed by atoms with Gasteiger partial charge in [0, 0.05) is 5.56 Å². The van der Waals surface area contributed by atoms with E-state index in [1.54, 1.807) is 0 Å². The van der Waals surface area contributed by atoms with Crippen LogP contribution in [0.1, 0.15) is 29.8 Å². The van der Waals surface area contributed by atoms with Crippen LogP contribution in [0, 0.1) is 12.8 Å². The summed E-state index contributed by atoms with van der Waals surface area (Å²) in [4.78, 5) is 12.4.